The van der Waals surface area contributed by atoms with E-state index in [0.717, 1.165) is 15.1 Å². The first kappa shape index (κ1) is 12.5. The standard InChI is InChI=1S/C13H11BrFNS/c14-10-3-1-2-9(6-10)8-17-13-5-4-11(15)7-12(13)16/h1-7H,8,16H2. The van der Waals surface area contributed by atoms with E-state index in [9.17, 15) is 4.39 Å². The van der Waals surface area contributed by atoms with Crippen molar-refractivity contribution in [2.45, 2.75) is 10.6 Å². The summed E-state index contributed by atoms with van der Waals surface area (Å²) in [6.45, 7) is 0. The molecular formula is C13H11BrFNS. The zero-order valence-corrected chi connectivity index (χ0v) is 11.4. The Morgan fingerprint density at radius 2 is 2.00 bits per heavy atom. The monoisotopic (exact) mass is 311 g/mol. The number of nitrogens with two attached hydrogens (primary N) is 1. The lowest BCUT2D eigenvalue weighted by atomic mass is 10.2. The summed E-state index contributed by atoms with van der Waals surface area (Å²) in [5.41, 5.74) is 7.44. The Balaban J connectivity index is 2.07. The molecule has 1 nitrogen and oxygen atoms in total. The SMILES string of the molecule is Nc1cc(F)ccc1SCc1cccc(Br)c1. The van der Waals surface area contributed by atoms with Crippen molar-refractivity contribution >= 4 is 33.4 Å². The molecule has 0 radical (unpaired) electrons. The zero-order chi connectivity index (χ0) is 12.3. The Bertz CT molecular complexity index is 531. The Kier molecular flexibility index (Phi) is 4.07. The number of thioether (sulfide) groups is 1. The number of anilines is 1. The first-order chi connectivity index (χ1) is 8.15. The number of hydrogen-bond acceptors (Lipinski definition) is 2. The highest BCUT2D eigenvalue weighted by molar-refractivity contribution is 9.10. The van der Waals surface area contributed by atoms with Gasteiger partial charge in [0.05, 0.1) is 0 Å². The van der Waals surface area contributed by atoms with Gasteiger partial charge in [-0.2, -0.15) is 0 Å². The molecule has 0 aromatic heterocycles. The summed E-state index contributed by atoms with van der Waals surface area (Å²) < 4.78 is 13.9. The molecule has 0 fully saturated rings. The number of hydrogen-bond donors (Lipinski definition) is 1. The molecule has 0 saturated carbocycles. The highest BCUT2D eigenvalue weighted by atomic mass is 79.9. The molecule has 0 amide bonds. The average molecular weight is 312 g/mol. The van der Waals surface area contributed by atoms with E-state index in [0.29, 0.717) is 5.69 Å². The Labute approximate surface area is 112 Å². The van der Waals surface area contributed by atoms with Crippen LogP contribution in [0.25, 0.3) is 0 Å². The lowest BCUT2D eigenvalue weighted by Crippen LogP contribution is -1.90. The van der Waals surface area contributed by atoms with Gasteiger partial charge in [0.2, 0.25) is 0 Å². The van der Waals surface area contributed by atoms with Gasteiger partial charge in [0.15, 0.2) is 0 Å². The molecule has 2 rings (SSSR count). The number of nitrogen functional groups attached to an aromatic ring is 1. The summed E-state index contributed by atoms with van der Waals surface area (Å²) in [5, 5.41) is 0. The van der Waals surface area contributed by atoms with Crippen LogP contribution < -0.4 is 5.73 Å². The molecule has 0 unspecified atom stereocenters. The minimum atomic E-state index is -0.297. The Morgan fingerprint density at radius 3 is 2.71 bits per heavy atom. The van der Waals surface area contributed by atoms with Gasteiger partial charge in [-0.05, 0) is 35.9 Å². The molecule has 0 saturated heterocycles. The number of benzene rings is 2. The van der Waals surface area contributed by atoms with Crippen molar-refractivity contribution in [2.24, 2.45) is 0 Å². The molecule has 0 spiro atoms. The molecule has 2 N–H and O–H groups in total. The van der Waals surface area contributed by atoms with E-state index in [-0.39, 0.29) is 5.82 Å². The fourth-order valence-corrected chi connectivity index (χ4v) is 2.78. The maximum atomic E-state index is 12.9. The molecule has 0 aliphatic rings. The van der Waals surface area contributed by atoms with Crippen molar-refractivity contribution in [3.63, 3.8) is 0 Å². The third-order valence-corrected chi connectivity index (χ3v) is 3.91. The first-order valence-electron chi connectivity index (χ1n) is 5.07. The van der Waals surface area contributed by atoms with Gasteiger partial charge in [0.25, 0.3) is 0 Å². The van der Waals surface area contributed by atoms with Crippen molar-refractivity contribution in [2.75, 3.05) is 5.73 Å². The summed E-state index contributed by atoms with van der Waals surface area (Å²) in [6, 6.07) is 12.6. The van der Waals surface area contributed by atoms with Gasteiger partial charge in [-0.3, -0.25) is 0 Å². The van der Waals surface area contributed by atoms with Gasteiger partial charge in [0.1, 0.15) is 5.82 Å². The normalized spacial score (nSPS) is 10.5. The Morgan fingerprint density at radius 1 is 1.18 bits per heavy atom. The van der Waals surface area contributed by atoms with E-state index < -0.39 is 0 Å². The van der Waals surface area contributed by atoms with Crippen LogP contribution in [0.4, 0.5) is 10.1 Å². The molecule has 4 heteroatoms. The highest BCUT2D eigenvalue weighted by Gasteiger charge is 2.02. The highest BCUT2D eigenvalue weighted by Crippen LogP contribution is 2.29. The predicted molar refractivity (Wildman–Crippen MR) is 74.5 cm³/mol. The van der Waals surface area contributed by atoms with Crippen LogP contribution >= 0.6 is 27.7 Å². The smallest absolute Gasteiger partial charge is 0.125 e. The summed E-state index contributed by atoms with van der Waals surface area (Å²) in [4.78, 5) is 0.909. The van der Waals surface area contributed by atoms with Crippen LogP contribution in [0, 0.1) is 5.82 Å². The predicted octanol–water partition coefficient (Wildman–Crippen LogP) is 4.46. The van der Waals surface area contributed by atoms with E-state index in [2.05, 4.69) is 28.1 Å². The van der Waals surface area contributed by atoms with E-state index in [1.807, 2.05) is 12.1 Å². The minimum absolute atomic E-state index is 0.297. The topological polar surface area (TPSA) is 26.0 Å². The van der Waals surface area contributed by atoms with Crippen LogP contribution in [0.15, 0.2) is 51.8 Å². The van der Waals surface area contributed by atoms with Crippen molar-refractivity contribution in [3.8, 4) is 0 Å². The fraction of sp³-hybridized carbons (Fsp3) is 0.0769. The van der Waals surface area contributed by atoms with E-state index in [1.165, 1.54) is 17.7 Å². The molecule has 0 atom stereocenters. The first-order valence-corrected chi connectivity index (χ1v) is 6.85. The summed E-state index contributed by atoms with van der Waals surface area (Å²) in [5.74, 6) is 0.518. The van der Waals surface area contributed by atoms with Crippen molar-refractivity contribution in [3.05, 3.63) is 58.3 Å². The Hall–Kier alpha value is -1.00. The third kappa shape index (κ3) is 3.48. The second kappa shape index (κ2) is 5.56. The summed E-state index contributed by atoms with van der Waals surface area (Å²) >= 11 is 5.03. The quantitative estimate of drug-likeness (QED) is 0.669. The van der Waals surface area contributed by atoms with Crippen LogP contribution in [0.2, 0.25) is 0 Å². The minimum Gasteiger partial charge on any atom is -0.398 e. The van der Waals surface area contributed by atoms with Crippen LogP contribution in [0.1, 0.15) is 5.56 Å². The van der Waals surface area contributed by atoms with Gasteiger partial charge in [0, 0.05) is 20.8 Å². The maximum absolute atomic E-state index is 12.9. The van der Waals surface area contributed by atoms with E-state index in [4.69, 9.17) is 5.73 Å². The fourth-order valence-electron chi connectivity index (χ4n) is 1.44. The average Bonchev–Trinajstić information content (AvgIpc) is 2.28. The van der Waals surface area contributed by atoms with Crippen molar-refractivity contribution < 1.29 is 4.39 Å². The van der Waals surface area contributed by atoms with Gasteiger partial charge in [-0.1, -0.05) is 28.1 Å². The second-order valence-corrected chi connectivity index (χ2v) is 5.53. The molecule has 2 aromatic carbocycles. The van der Waals surface area contributed by atoms with Crippen LogP contribution in [0.5, 0.6) is 0 Å². The third-order valence-electron chi connectivity index (χ3n) is 2.26. The number of halogens is 2. The van der Waals surface area contributed by atoms with Gasteiger partial charge in [-0.15, -0.1) is 11.8 Å². The van der Waals surface area contributed by atoms with Crippen molar-refractivity contribution in [1.29, 1.82) is 0 Å². The molecular weight excluding hydrogens is 301 g/mol. The van der Waals surface area contributed by atoms with Gasteiger partial charge >= 0.3 is 0 Å². The molecule has 0 heterocycles. The molecule has 2 aromatic rings. The molecule has 0 bridgehead atoms. The molecule has 88 valence electrons. The molecule has 0 aliphatic heterocycles. The lowest BCUT2D eigenvalue weighted by molar-refractivity contribution is 0.627. The zero-order valence-electron chi connectivity index (χ0n) is 8.99. The van der Waals surface area contributed by atoms with Crippen LogP contribution in [0.3, 0.4) is 0 Å². The molecule has 0 aliphatic carbocycles. The lowest BCUT2D eigenvalue weighted by Gasteiger charge is -2.05. The van der Waals surface area contributed by atoms with Gasteiger partial charge < -0.3 is 5.73 Å². The van der Waals surface area contributed by atoms with E-state index >= 15 is 0 Å². The second-order valence-electron chi connectivity index (χ2n) is 3.60. The van der Waals surface area contributed by atoms with Gasteiger partial charge in [-0.25, -0.2) is 4.39 Å². The van der Waals surface area contributed by atoms with E-state index in [1.54, 1.807) is 17.8 Å². The maximum Gasteiger partial charge on any atom is 0.125 e. The van der Waals surface area contributed by atoms with Crippen LogP contribution in [-0.4, -0.2) is 0 Å². The van der Waals surface area contributed by atoms with Crippen LogP contribution in [-0.2, 0) is 5.75 Å². The molecule has 17 heavy (non-hydrogen) atoms. The summed E-state index contributed by atoms with van der Waals surface area (Å²) in [6.07, 6.45) is 0. The number of rotatable bonds is 3. The largest absolute Gasteiger partial charge is 0.398 e. The summed E-state index contributed by atoms with van der Waals surface area (Å²) in [7, 11) is 0. The van der Waals surface area contributed by atoms with Crippen molar-refractivity contribution in [1.82, 2.24) is 0 Å².